The summed E-state index contributed by atoms with van der Waals surface area (Å²) in [5, 5.41) is 0. The minimum atomic E-state index is 1.73. The van der Waals surface area contributed by atoms with Gasteiger partial charge in [-0.15, -0.1) is 0 Å². The summed E-state index contributed by atoms with van der Waals surface area (Å²) in [5.74, 6) is 0. The third-order valence-electron chi connectivity index (χ3n) is 0.204. The molecule has 0 radical (unpaired) electrons. The SMILES string of the molecule is [CH2-]C=C[CH]=[Ru+]. The topological polar surface area (TPSA) is 0 Å². The van der Waals surface area contributed by atoms with Gasteiger partial charge in [0.25, 0.3) is 0 Å². The van der Waals surface area contributed by atoms with Crippen molar-refractivity contribution in [2.45, 2.75) is 0 Å². The van der Waals surface area contributed by atoms with Crippen LogP contribution in [-0.2, 0) is 17.9 Å². The molecule has 5 heavy (non-hydrogen) atoms. The molecule has 0 N–H and O–H groups in total. The standard InChI is InChI=1S/C4H5.Ru/c1-3-4-2;/h1,3-4H,2H2;/q-1;+1. The maximum absolute atomic E-state index is 3.45. The summed E-state index contributed by atoms with van der Waals surface area (Å²) in [4.78, 5) is 0. The van der Waals surface area contributed by atoms with Gasteiger partial charge in [0.1, 0.15) is 0 Å². The zero-order chi connectivity index (χ0) is 4.12. The van der Waals surface area contributed by atoms with Gasteiger partial charge in [-0.25, -0.2) is 0 Å². The Kier molecular flexibility index (Phi) is 4.19. The Hall–Kier alpha value is 0.103. The van der Waals surface area contributed by atoms with Crippen LogP contribution in [0.4, 0.5) is 0 Å². The predicted octanol–water partition coefficient (Wildman–Crippen LogP) is 0.726. The van der Waals surface area contributed by atoms with Gasteiger partial charge in [0.2, 0.25) is 0 Å². The van der Waals surface area contributed by atoms with E-state index < -0.39 is 0 Å². The third-order valence-corrected chi connectivity index (χ3v) is 0.539. The van der Waals surface area contributed by atoms with E-state index in [0.717, 1.165) is 0 Å². The molecule has 0 nitrogen and oxygen atoms in total. The molecule has 1 heteroatoms. The van der Waals surface area contributed by atoms with Gasteiger partial charge in [-0.05, 0) is 0 Å². The minimum absolute atomic E-state index is 1.73. The van der Waals surface area contributed by atoms with E-state index in [9.17, 15) is 0 Å². The molecular formula is C4H5Ru. The Balaban J connectivity index is 2.92. The molecule has 0 spiro atoms. The summed E-state index contributed by atoms with van der Waals surface area (Å²) in [6, 6.07) is 0. The molecule has 0 bridgehead atoms. The van der Waals surface area contributed by atoms with Gasteiger partial charge < -0.3 is 0 Å². The van der Waals surface area contributed by atoms with Crippen molar-refractivity contribution in [1.82, 2.24) is 0 Å². The van der Waals surface area contributed by atoms with Gasteiger partial charge in [0, 0.05) is 0 Å². The molecule has 0 aliphatic heterocycles. The summed E-state index contributed by atoms with van der Waals surface area (Å²) in [6.07, 6.45) is 3.59. The molecule has 0 heterocycles. The molecule has 0 aromatic carbocycles. The Morgan fingerprint density at radius 3 is 2.20 bits per heavy atom. The predicted molar refractivity (Wildman–Crippen MR) is 20.6 cm³/mol. The van der Waals surface area contributed by atoms with E-state index in [2.05, 4.69) is 24.8 Å². The van der Waals surface area contributed by atoms with E-state index in [4.69, 9.17) is 0 Å². The summed E-state index contributed by atoms with van der Waals surface area (Å²) in [6.45, 7) is 3.45. The van der Waals surface area contributed by atoms with Crippen molar-refractivity contribution in [3.8, 4) is 0 Å². The molecule has 0 aliphatic rings. The van der Waals surface area contributed by atoms with Gasteiger partial charge in [-0.3, -0.25) is 0 Å². The first-order chi connectivity index (χ1) is 2.41. The van der Waals surface area contributed by atoms with Crippen molar-refractivity contribution in [2.24, 2.45) is 0 Å². The van der Waals surface area contributed by atoms with Gasteiger partial charge in [-0.2, -0.15) is 0 Å². The normalized spacial score (nSPS) is 8.80. The van der Waals surface area contributed by atoms with Crippen molar-refractivity contribution < 1.29 is 17.9 Å². The summed E-state index contributed by atoms with van der Waals surface area (Å²) >= 11 is 2.37. The Morgan fingerprint density at radius 1 is 1.60 bits per heavy atom. The van der Waals surface area contributed by atoms with Crippen LogP contribution < -0.4 is 0 Å². The van der Waals surface area contributed by atoms with Crippen LogP contribution in [0.5, 0.6) is 0 Å². The molecule has 0 saturated heterocycles. The molecule has 0 amide bonds. The second-order valence-corrected chi connectivity index (χ2v) is 1.13. The van der Waals surface area contributed by atoms with Crippen molar-refractivity contribution in [1.29, 1.82) is 0 Å². The number of allylic oxidation sites excluding steroid dienone is 2. The molecule has 0 rings (SSSR count). The van der Waals surface area contributed by atoms with Crippen LogP contribution in [-0.4, -0.2) is 4.61 Å². The fourth-order valence-corrected chi connectivity index (χ4v) is 0.285. The van der Waals surface area contributed by atoms with Crippen LogP contribution >= 0.6 is 0 Å². The number of hydrogen-bond acceptors (Lipinski definition) is 0. The van der Waals surface area contributed by atoms with Crippen LogP contribution in [0.1, 0.15) is 0 Å². The average Bonchev–Trinajstić information content (AvgIpc) is 1.41. The van der Waals surface area contributed by atoms with Crippen LogP contribution in [0.3, 0.4) is 0 Å². The van der Waals surface area contributed by atoms with E-state index in [1.165, 1.54) is 0 Å². The zero-order valence-corrected chi connectivity index (χ0v) is 4.53. The molecular weight excluding hydrogens is 149 g/mol. The Labute approximate surface area is 42.1 Å². The molecule has 0 unspecified atom stereocenters. The Bertz CT molecular complexity index is 45.6. The fourth-order valence-electron chi connectivity index (χ4n) is 0.0481. The van der Waals surface area contributed by atoms with Crippen LogP contribution in [0.2, 0.25) is 0 Å². The van der Waals surface area contributed by atoms with Gasteiger partial charge >= 0.3 is 41.5 Å². The maximum atomic E-state index is 3.45. The van der Waals surface area contributed by atoms with E-state index in [1.54, 1.807) is 6.08 Å². The fraction of sp³-hybridized carbons (Fsp3) is 0. The molecule has 0 aromatic rings. The molecule has 0 atom stereocenters. The summed E-state index contributed by atoms with van der Waals surface area (Å²) in [7, 11) is 0. The second-order valence-electron chi connectivity index (χ2n) is 0.546. The monoisotopic (exact) mass is 155 g/mol. The molecule has 29 valence electrons. The second kappa shape index (κ2) is 4.10. The van der Waals surface area contributed by atoms with E-state index in [0.29, 0.717) is 0 Å². The van der Waals surface area contributed by atoms with Crippen molar-refractivity contribution in [3.05, 3.63) is 19.1 Å². The zero-order valence-electron chi connectivity index (χ0n) is 2.79. The first-order valence-electron chi connectivity index (χ1n) is 1.28. The molecule has 0 saturated carbocycles. The molecule has 0 fully saturated rings. The third kappa shape index (κ3) is 4.10. The van der Waals surface area contributed by atoms with Crippen molar-refractivity contribution in [2.75, 3.05) is 0 Å². The van der Waals surface area contributed by atoms with Crippen LogP contribution in [0, 0.1) is 6.92 Å². The Morgan fingerprint density at radius 2 is 2.20 bits per heavy atom. The molecule has 0 aliphatic carbocycles. The number of hydrogen-bond donors (Lipinski definition) is 0. The molecule has 0 aromatic heterocycles. The summed E-state index contributed by atoms with van der Waals surface area (Å²) in [5.41, 5.74) is 0. The van der Waals surface area contributed by atoms with E-state index in [1.807, 2.05) is 10.7 Å². The van der Waals surface area contributed by atoms with Crippen LogP contribution in [0.15, 0.2) is 12.2 Å². The summed E-state index contributed by atoms with van der Waals surface area (Å²) < 4.78 is 1.87. The first kappa shape index (κ1) is 5.10. The van der Waals surface area contributed by atoms with Gasteiger partial charge in [0.05, 0.1) is 0 Å². The van der Waals surface area contributed by atoms with E-state index >= 15 is 0 Å². The average molecular weight is 154 g/mol. The first-order valence-corrected chi connectivity index (χ1v) is 2.28. The van der Waals surface area contributed by atoms with Gasteiger partial charge in [0.15, 0.2) is 0 Å². The van der Waals surface area contributed by atoms with Crippen molar-refractivity contribution in [3.63, 3.8) is 0 Å². The van der Waals surface area contributed by atoms with Crippen LogP contribution in [0.25, 0.3) is 0 Å². The van der Waals surface area contributed by atoms with Gasteiger partial charge in [-0.1, -0.05) is 0 Å². The van der Waals surface area contributed by atoms with Crippen molar-refractivity contribution >= 4 is 4.61 Å². The van der Waals surface area contributed by atoms with E-state index in [-0.39, 0.29) is 0 Å². The number of rotatable bonds is 1. The quantitative estimate of drug-likeness (QED) is 0.386.